The number of carbonyl (C=O) groups excluding carboxylic acids is 1. The Labute approximate surface area is 140 Å². The molecule has 2 rings (SSSR count). The van der Waals surface area contributed by atoms with E-state index < -0.39 is 0 Å². The van der Waals surface area contributed by atoms with Crippen molar-refractivity contribution in [1.82, 2.24) is 20.4 Å². The van der Waals surface area contributed by atoms with Crippen LogP contribution in [-0.2, 0) is 4.74 Å². The summed E-state index contributed by atoms with van der Waals surface area (Å²) in [5.41, 5.74) is 0.0168. The summed E-state index contributed by atoms with van der Waals surface area (Å²) in [6.07, 6.45) is 5.87. The third-order valence-electron chi connectivity index (χ3n) is 5.26. The van der Waals surface area contributed by atoms with Crippen LogP contribution in [0, 0.1) is 0 Å². The molecule has 6 heteroatoms. The SMILES string of the molecule is C=CCN1CCC(NC(=O)NCC2(N(C)C)CCOCC2)CC1. The number of amides is 2. The molecular weight excluding hydrogens is 292 g/mol. The van der Waals surface area contributed by atoms with Gasteiger partial charge < -0.3 is 20.3 Å². The van der Waals surface area contributed by atoms with E-state index in [0.29, 0.717) is 6.54 Å². The molecule has 2 fully saturated rings. The van der Waals surface area contributed by atoms with Crippen molar-refractivity contribution in [3.05, 3.63) is 12.7 Å². The molecular formula is C17H32N4O2. The number of urea groups is 1. The Morgan fingerprint density at radius 2 is 2.00 bits per heavy atom. The van der Waals surface area contributed by atoms with Crippen LogP contribution in [0.4, 0.5) is 4.79 Å². The van der Waals surface area contributed by atoms with E-state index in [2.05, 4.69) is 41.1 Å². The summed E-state index contributed by atoms with van der Waals surface area (Å²) < 4.78 is 5.47. The van der Waals surface area contributed by atoms with Gasteiger partial charge in [-0.25, -0.2) is 4.79 Å². The zero-order valence-corrected chi connectivity index (χ0v) is 14.6. The first-order valence-corrected chi connectivity index (χ1v) is 8.68. The Morgan fingerprint density at radius 1 is 1.35 bits per heavy atom. The highest BCUT2D eigenvalue weighted by Crippen LogP contribution is 2.25. The summed E-state index contributed by atoms with van der Waals surface area (Å²) >= 11 is 0. The van der Waals surface area contributed by atoms with Crippen molar-refractivity contribution in [1.29, 1.82) is 0 Å². The lowest BCUT2D eigenvalue weighted by molar-refractivity contribution is -0.00577. The molecule has 0 unspecified atom stereocenters. The minimum Gasteiger partial charge on any atom is -0.381 e. The number of nitrogens with one attached hydrogen (secondary N) is 2. The van der Waals surface area contributed by atoms with E-state index in [1.54, 1.807) is 0 Å². The van der Waals surface area contributed by atoms with E-state index in [-0.39, 0.29) is 17.6 Å². The second kappa shape index (κ2) is 8.66. The van der Waals surface area contributed by atoms with Crippen molar-refractivity contribution in [2.45, 2.75) is 37.3 Å². The number of nitrogens with zero attached hydrogens (tertiary/aromatic N) is 2. The van der Waals surface area contributed by atoms with Crippen LogP contribution in [0.2, 0.25) is 0 Å². The Morgan fingerprint density at radius 3 is 2.57 bits per heavy atom. The fourth-order valence-electron chi connectivity index (χ4n) is 3.46. The fraction of sp³-hybridized carbons (Fsp3) is 0.824. The number of carbonyl (C=O) groups is 1. The molecule has 0 aromatic carbocycles. The van der Waals surface area contributed by atoms with E-state index in [1.807, 2.05) is 6.08 Å². The third kappa shape index (κ3) is 5.19. The molecule has 6 nitrogen and oxygen atoms in total. The average Bonchev–Trinajstić information content (AvgIpc) is 2.56. The number of piperidine rings is 1. The molecule has 0 atom stereocenters. The monoisotopic (exact) mass is 324 g/mol. The molecule has 2 heterocycles. The Bertz CT molecular complexity index is 386. The predicted molar refractivity (Wildman–Crippen MR) is 92.7 cm³/mol. The standard InChI is InChI=1S/C17H32N4O2/c1-4-9-21-10-5-15(6-11-21)19-16(22)18-14-17(20(2)3)7-12-23-13-8-17/h4,15H,1,5-14H2,2-3H3,(H2,18,19,22). The third-order valence-corrected chi connectivity index (χ3v) is 5.26. The van der Waals surface area contributed by atoms with Crippen molar-refractivity contribution in [2.75, 3.05) is 53.5 Å². The van der Waals surface area contributed by atoms with Gasteiger partial charge in [0.1, 0.15) is 0 Å². The maximum atomic E-state index is 12.2. The van der Waals surface area contributed by atoms with Crippen molar-refractivity contribution < 1.29 is 9.53 Å². The number of hydrogen-bond donors (Lipinski definition) is 2. The summed E-state index contributed by atoms with van der Waals surface area (Å²) in [4.78, 5) is 16.8. The highest BCUT2D eigenvalue weighted by Gasteiger charge is 2.35. The van der Waals surface area contributed by atoms with Crippen molar-refractivity contribution in [3.8, 4) is 0 Å². The minimum absolute atomic E-state index is 0.0168. The molecule has 2 aliphatic rings. The highest BCUT2D eigenvalue weighted by molar-refractivity contribution is 5.74. The smallest absolute Gasteiger partial charge is 0.315 e. The average molecular weight is 324 g/mol. The van der Waals surface area contributed by atoms with Gasteiger partial charge in [0.15, 0.2) is 0 Å². The molecule has 0 bridgehead atoms. The van der Waals surface area contributed by atoms with Gasteiger partial charge in [0, 0.05) is 51.0 Å². The minimum atomic E-state index is -0.0418. The largest absolute Gasteiger partial charge is 0.381 e. The molecule has 132 valence electrons. The van der Waals surface area contributed by atoms with Gasteiger partial charge in [-0.1, -0.05) is 6.08 Å². The van der Waals surface area contributed by atoms with E-state index in [0.717, 1.165) is 58.5 Å². The topological polar surface area (TPSA) is 56.8 Å². The second-order valence-corrected chi connectivity index (χ2v) is 6.92. The van der Waals surface area contributed by atoms with Crippen LogP contribution in [0.15, 0.2) is 12.7 Å². The first-order chi connectivity index (χ1) is 11.1. The molecule has 0 radical (unpaired) electrons. The van der Waals surface area contributed by atoms with Gasteiger partial charge >= 0.3 is 6.03 Å². The number of likely N-dealkylation sites (N-methyl/N-ethyl adjacent to an activating group) is 1. The van der Waals surface area contributed by atoms with Crippen LogP contribution in [0.3, 0.4) is 0 Å². The van der Waals surface area contributed by atoms with E-state index in [9.17, 15) is 4.79 Å². The van der Waals surface area contributed by atoms with Gasteiger partial charge in [-0.3, -0.25) is 4.90 Å². The zero-order chi connectivity index (χ0) is 16.7. The Kier molecular flexibility index (Phi) is 6.87. The van der Waals surface area contributed by atoms with Crippen LogP contribution in [-0.4, -0.2) is 80.9 Å². The van der Waals surface area contributed by atoms with Gasteiger partial charge in [-0.2, -0.15) is 0 Å². The van der Waals surface area contributed by atoms with Crippen LogP contribution >= 0.6 is 0 Å². The van der Waals surface area contributed by atoms with Gasteiger partial charge in [0.05, 0.1) is 0 Å². The van der Waals surface area contributed by atoms with Gasteiger partial charge in [0.25, 0.3) is 0 Å². The predicted octanol–water partition coefficient (Wildman–Crippen LogP) is 1.05. The maximum absolute atomic E-state index is 12.2. The second-order valence-electron chi connectivity index (χ2n) is 6.92. The molecule has 0 spiro atoms. The van der Waals surface area contributed by atoms with Crippen molar-refractivity contribution in [3.63, 3.8) is 0 Å². The number of ether oxygens (including phenoxy) is 1. The lowest BCUT2D eigenvalue weighted by atomic mass is 9.88. The number of likely N-dealkylation sites (tertiary alicyclic amines) is 1. The molecule has 2 saturated heterocycles. The van der Waals surface area contributed by atoms with Gasteiger partial charge in [0.2, 0.25) is 0 Å². The maximum Gasteiger partial charge on any atom is 0.315 e. The molecule has 0 aliphatic carbocycles. The lowest BCUT2D eigenvalue weighted by Gasteiger charge is -2.43. The summed E-state index contributed by atoms with van der Waals surface area (Å²) in [5.74, 6) is 0. The summed E-state index contributed by atoms with van der Waals surface area (Å²) in [6.45, 7) is 8.97. The van der Waals surface area contributed by atoms with E-state index in [4.69, 9.17) is 4.74 Å². The van der Waals surface area contributed by atoms with Crippen molar-refractivity contribution in [2.24, 2.45) is 0 Å². The van der Waals surface area contributed by atoms with Crippen LogP contribution < -0.4 is 10.6 Å². The Hall–Kier alpha value is -1.11. The zero-order valence-electron chi connectivity index (χ0n) is 14.6. The van der Waals surface area contributed by atoms with Gasteiger partial charge in [-0.05, 0) is 39.8 Å². The van der Waals surface area contributed by atoms with Crippen LogP contribution in [0.1, 0.15) is 25.7 Å². The number of rotatable bonds is 6. The lowest BCUT2D eigenvalue weighted by Crippen LogP contribution is -2.57. The molecule has 23 heavy (non-hydrogen) atoms. The van der Waals surface area contributed by atoms with Crippen LogP contribution in [0.25, 0.3) is 0 Å². The highest BCUT2D eigenvalue weighted by atomic mass is 16.5. The number of hydrogen-bond acceptors (Lipinski definition) is 4. The first-order valence-electron chi connectivity index (χ1n) is 8.68. The molecule has 0 saturated carbocycles. The normalized spacial score (nSPS) is 22.7. The molecule has 0 aromatic rings. The summed E-state index contributed by atoms with van der Waals surface area (Å²) in [7, 11) is 4.17. The summed E-state index contributed by atoms with van der Waals surface area (Å²) in [5, 5.41) is 6.21. The molecule has 2 aliphatic heterocycles. The fourth-order valence-corrected chi connectivity index (χ4v) is 3.46. The van der Waals surface area contributed by atoms with Crippen LogP contribution in [0.5, 0.6) is 0 Å². The van der Waals surface area contributed by atoms with E-state index >= 15 is 0 Å². The molecule has 0 aromatic heterocycles. The summed E-state index contributed by atoms with van der Waals surface area (Å²) in [6, 6.07) is 0.237. The van der Waals surface area contributed by atoms with E-state index in [1.165, 1.54) is 0 Å². The quantitative estimate of drug-likeness (QED) is 0.717. The van der Waals surface area contributed by atoms with Crippen molar-refractivity contribution >= 4 is 6.03 Å². The molecule has 2 N–H and O–H groups in total. The Balaban J connectivity index is 1.73. The molecule has 2 amide bonds. The van der Waals surface area contributed by atoms with Gasteiger partial charge in [-0.15, -0.1) is 6.58 Å². The first kappa shape index (κ1) is 18.2.